The summed E-state index contributed by atoms with van der Waals surface area (Å²) in [4.78, 5) is 0. The lowest BCUT2D eigenvalue weighted by molar-refractivity contribution is -0.273. The average Bonchev–Trinajstić information content (AvgIpc) is 2.80. The number of benzene rings is 1. The first-order valence-electron chi connectivity index (χ1n) is 7.90. The molecule has 0 spiro atoms. The highest BCUT2D eigenvalue weighted by Gasteiger charge is 2.78. The van der Waals surface area contributed by atoms with Crippen molar-refractivity contribution >= 4 is 17.5 Å². The maximum atomic E-state index is 14.0. The van der Waals surface area contributed by atoms with Crippen molar-refractivity contribution in [2.75, 3.05) is 0 Å². The van der Waals surface area contributed by atoms with Crippen molar-refractivity contribution in [2.45, 2.75) is 32.2 Å². The molecular formula is C18H14ClFN4O2. The van der Waals surface area contributed by atoms with Crippen LogP contribution < -0.4 is 0 Å². The van der Waals surface area contributed by atoms with Crippen LogP contribution in [-0.2, 0) is 9.47 Å². The molecule has 2 saturated heterocycles. The van der Waals surface area contributed by atoms with Crippen LogP contribution in [0.1, 0.15) is 31.9 Å². The van der Waals surface area contributed by atoms with Crippen LogP contribution in [0.15, 0.2) is 18.2 Å². The third-order valence-corrected chi connectivity index (χ3v) is 5.68. The van der Waals surface area contributed by atoms with Gasteiger partial charge in [0.15, 0.2) is 5.41 Å². The first kappa shape index (κ1) is 18.1. The van der Waals surface area contributed by atoms with E-state index in [1.54, 1.807) is 13.8 Å². The molecule has 2 aliphatic rings. The Morgan fingerprint density at radius 3 is 2.42 bits per heavy atom. The van der Waals surface area contributed by atoms with E-state index in [2.05, 4.69) is 0 Å². The molecule has 1 aromatic carbocycles. The first-order valence-corrected chi connectivity index (χ1v) is 8.28. The topological polar surface area (TPSA) is 114 Å². The number of rotatable bonds is 2. The van der Waals surface area contributed by atoms with Gasteiger partial charge in [0.05, 0.1) is 29.1 Å². The Hall–Kier alpha value is -2.66. The normalized spacial score (nSPS) is 34.3. The van der Waals surface area contributed by atoms with Gasteiger partial charge in [0.1, 0.15) is 11.9 Å². The van der Waals surface area contributed by atoms with Crippen molar-refractivity contribution in [1.29, 1.82) is 21.2 Å². The van der Waals surface area contributed by atoms with Crippen molar-refractivity contribution in [3.05, 3.63) is 34.6 Å². The van der Waals surface area contributed by atoms with Gasteiger partial charge in [0, 0.05) is 6.92 Å². The van der Waals surface area contributed by atoms with Crippen molar-refractivity contribution in [2.24, 2.45) is 16.7 Å². The lowest BCUT2D eigenvalue weighted by atomic mass is 9.53. The highest BCUT2D eigenvalue weighted by molar-refractivity contribution is 6.30. The van der Waals surface area contributed by atoms with Gasteiger partial charge in [-0.3, -0.25) is 5.41 Å². The molecule has 4 unspecified atom stereocenters. The van der Waals surface area contributed by atoms with Gasteiger partial charge in [0.2, 0.25) is 17.1 Å². The van der Waals surface area contributed by atoms with Crippen LogP contribution >= 0.6 is 11.6 Å². The lowest BCUT2D eigenvalue weighted by Gasteiger charge is -2.48. The summed E-state index contributed by atoms with van der Waals surface area (Å²) in [5, 5.41) is 38.0. The van der Waals surface area contributed by atoms with Gasteiger partial charge < -0.3 is 9.47 Å². The maximum Gasteiger partial charge on any atom is 0.214 e. The number of halogens is 2. The van der Waals surface area contributed by atoms with E-state index in [4.69, 9.17) is 26.5 Å². The van der Waals surface area contributed by atoms with Crippen LogP contribution in [0.3, 0.4) is 0 Å². The molecule has 3 rings (SSSR count). The summed E-state index contributed by atoms with van der Waals surface area (Å²) in [6.45, 7) is 3.33. The summed E-state index contributed by atoms with van der Waals surface area (Å²) in [6, 6.07) is 9.59. The van der Waals surface area contributed by atoms with E-state index in [1.165, 1.54) is 12.1 Å². The summed E-state index contributed by atoms with van der Waals surface area (Å²) >= 11 is 5.72. The minimum atomic E-state index is -2.09. The highest BCUT2D eigenvalue weighted by Crippen LogP contribution is 2.67. The molecule has 0 saturated carbocycles. The van der Waals surface area contributed by atoms with Gasteiger partial charge in [-0.15, -0.1) is 0 Å². The fourth-order valence-corrected chi connectivity index (χ4v) is 4.32. The predicted octanol–water partition coefficient (Wildman–Crippen LogP) is 3.84. The Morgan fingerprint density at radius 2 is 1.92 bits per heavy atom. The van der Waals surface area contributed by atoms with Gasteiger partial charge >= 0.3 is 0 Å². The molecule has 4 atom stereocenters. The average molecular weight is 373 g/mol. The zero-order chi connectivity index (χ0) is 19.3. The van der Waals surface area contributed by atoms with Gasteiger partial charge in [-0.1, -0.05) is 24.6 Å². The molecule has 132 valence electrons. The van der Waals surface area contributed by atoms with Crippen molar-refractivity contribution in [1.82, 2.24) is 0 Å². The molecule has 2 fully saturated rings. The third kappa shape index (κ3) is 1.89. The van der Waals surface area contributed by atoms with E-state index in [-0.39, 0.29) is 10.6 Å². The predicted molar refractivity (Wildman–Crippen MR) is 87.9 cm³/mol. The lowest BCUT2D eigenvalue weighted by Crippen LogP contribution is -2.58. The number of nitrogens with one attached hydrogen (secondary N) is 1. The molecule has 6 nitrogen and oxygen atoms in total. The van der Waals surface area contributed by atoms with Gasteiger partial charge in [-0.2, -0.15) is 15.8 Å². The molecule has 1 aromatic rings. The molecule has 0 radical (unpaired) electrons. The van der Waals surface area contributed by atoms with E-state index < -0.39 is 40.4 Å². The molecule has 8 heteroatoms. The van der Waals surface area contributed by atoms with Crippen molar-refractivity contribution in [3.63, 3.8) is 0 Å². The quantitative estimate of drug-likeness (QED) is 0.846. The van der Waals surface area contributed by atoms with Crippen LogP contribution in [0, 0.1) is 62.0 Å². The standard InChI is InChI=1S/C18H14ClFN4O2/c1-3-13-16(2)25-14(10-4-5-11(19)12(20)6-10)17(7-21,8-22)18(13,9-23)15(24)26-16/h4-6,13-14,24H,3H2,1-2H3. The minimum absolute atomic E-state index is 0.122. The zero-order valence-corrected chi connectivity index (χ0v) is 14.8. The van der Waals surface area contributed by atoms with Gasteiger partial charge in [-0.05, 0) is 24.1 Å². The van der Waals surface area contributed by atoms with E-state index in [0.29, 0.717) is 6.42 Å². The number of hydrogen-bond acceptors (Lipinski definition) is 6. The van der Waals surface area contributed by atoms with Crippen LogP contribution in [0.4, 0.5) is 4.39 Å². The summed E-state index contributed by atoms with van der Waals surface area (Å²) in [6.07, 6.45) is -0.946. The minimum Gasteiger partial charge on any atom is -0.448 e. The van der Waals surface area contributed by atoms with Crippen molar-refractivity contribution in [3.8, 4) is 18.2 Å². The molecule has 2 aliphatic heterocycles. The number of nitrogens with zero attached hydrogens (tertiary/aromatic N) is 3. The van der Waals surface area contributed by atoms with Crippen LogP contribution in [-0.4, -0.2) is 11.7 Å². The summed E-state index contributed by atoms with van der Waals surface area (Å²) in [5.74, 6) is -3.32. The first-order chi connectivity index (χ1) is 12.3. The van der Waals surface area contributed by atoms with Crippen molar-refractivity contribution < 1.29 is 13.9 Å². The van der Waals surface area contributed by atoms with Crippen LogP contribution in [0.25, 0.3) is 0 Å². The Labute approximate surface area is 154 Å². The molecule has 1 N–H and O–H groups in total. The third-order valence-electron chi connectivity index (χ3n) is 5.37. The fraction of sp³-hybridized carbons (Fsp3) is 0.444. The SMILES string of the molecule is CCC1C2(C)OC(=N)C1(C#N)C(C#N)(C#N)C(c1ccc(Cl)c(F)c1)O2. The zero-order valence-electron chi connectivity index (χ0n) is 14.0. The molecular weight excluding hydrogens is 359 g/mol. The highest BCUT2D eigenvalue weighted by atomic mass is 35.5. The van der Waals surface area contributed by atoms with Crippen LogP contribution in [0.2, 0.25) is 5.02 Å². The number of fused-ring (bicyclic) bond motifs is 2. The van der Waals surface area contributed by atoms with Crippen LogP contribution in [0.5, 0.6) is 0 Å². The molecule has 2 heterocycles. The van der Waals surface area contributed by atoms with Gasteiger partial charge in [-0.25, -0.2) is 4.39 Å². The largest absolute Gasteiger partial charge is 0.448 e. The number of ether oxygens (including phenoxy) is 2. The van der Waals surface area contributed by atoms with E-state index in [1.807, 2.05) is 18.2 Å². The Bertz CT molecular complexity index is 917. The Kier molecular flexibility index (Phi) is 3.96. The van der Waals surface area contributed by atoms with E-state index in [9.17, 15) is 20.2 Å². The molecule has 0 aliphatic carbocycles. The summed E-state index contributed by atoms with van der Waals surface area (Å²) in [7, 11) is 0. The number of nitriles is 3. The second-order valence-electron chi connectivity index (χ2n) is 6.53. The van der Waals surface area contributed by atoms with E-state index >= 15 is 0 Å². The van der Waals surface area contributed by atoms with E-state index in [0.717, 1.165) is 6.07 Å². The second-order valence-corrected chi connectivity index (χ2v) is 6.94. The maximum absolute atomic E-state index is 14.0. The Morgan fingerprint density at radius 1 is 1.27 bits per heavy atom. The van der Waals surface area contributed by atoms with Gasteiger partial charge in [0.25, 0.3) is 0 Å². The molecule has 26 heavy (non-hydrogen) atoms. The summed E-state index contributed by atoms with van der Waals surface area (Å²) < 4.78 is 25.5. The molecule has 0 aromatic heterocycles. The number of hydrogen-bond donors (Lipinski definition) is 1. The summed E-state index contributed by atoms with van der Waals surface area (Å²) in [5.41, 5.74) is -3.75. The second kappa shape index (κ2) is 5.68. The molecule has 2 bridgehead atoms. The fourth-order valence-electron chi connectivity index (χ4n) is 4.20. The monoisotopic (exact) mass is 372 g/mol. The molecule has 0 amide bonds. The Balaban J connectivity index is 2.33. The smallest absolute Gasteiger partial charge is 0.214 e.